The summed E-state index contributed by atoms with van der Waals surface area (Å²) in [5.41, 5.74) is 1.99. The number of methoxy groups -OCH3 is 2. The van der Waals surface area contributed by atoms with Gasteiger partial charge in [-0.2, -0.15) is 0 Å². The van der Waals surface area contributed by atoms with Crippen LogP contribution < -0.4 is 14.8 Å². The highest BCUT2D eigenvalue weighted by Crippen LogP contribution is 2.29. The zero-order chi connectivity index (χ0) is 16.8. The quantitative estimate of drug-likeness (QED) is 0.623. The van der Waals surface area contributed by atoms with Gasteiger partial charge in [-0.1, -0.05) is 11.6 Å². The van der Waals surface area contributed by atoms with Crippen molar-refractivity contribution in [2.24, 2.45) is 0 Å². The van der Waals surface area contributed by atoms with E-state index < -0.39 is 0 Å². The number of ketones is 1. The van der Waals surface area contributed by atoms with Gasteiger partial charge in [0.05, 0.1) is 19.9 Å². The summed E-state index contributed by atoms with van der Waals surface area (Å²) in [6.07, 6.45) is 1.53. The fraction of sp³-hybridized carbons (Fsp3) is 0.167. The highest BCUT2D eigenvalue weighted by molar-refractivity contribution is 6.30. The van der Waals surface area contributed by atoms with Gasteiger partial charge in [0.25, 0.3) is 0 Å². The summed E-state index contributed by atoms with van der Waals surface area (Å²) in [4.78, 5) is 12.2. The van der Waals surface area contributed by atoms with Crippen molar-refractivity contribution in [2.75, 3.05) is 19.5 Å². The minimum absolute atomic E-state index is 0.103. The van der Waals surface area contributed by atoms with Crippen molar-refractivity contribution < 1.29 is 14.3 Å². The third-order valence-corrected chi connectivity index (χ3v) is 3.47. The van der Waals surface area contributed by atoms with Crippen molar-refractivity contribution in [3.05, 3.63) is 64.8 Å². The Morgan fingerprint density at radius 2 is 1.78 bits per heavy atom. The van der Waals surface area contributed by atoms with Gasteiger partial charge in [0.15, 0.2) is 5.78 Å². The Kier molecular flexibility index (Phi) is 5.66. The molecule has 2 rings (SSSR count). The van der Waals surface area contributed by atoms with E-state index in [1.807, 2.05) is 19.1 Å². The fourth-order valence-corrected chi connectivity index (χ4v) is 2.18. The highest BCUT2D eigenvalue weighted by Gasteiger charge is 2.07. The number of anilines is 1. The summed E-state index contributed by atoms with van der Waals surface area (Å²) in [6, 6.07) is 12.2. The molecule has 1 N–H and O–H groups in total. The maximum atomic E-state index is 12.2. The summed E-state index contributed by atoms with van der Waals surface area (Å²) < 4.78 is 10.5. The second-order valence-electron chi connectivity index (χ2n) is 4.89. The molecular formula is C18H18ClNO3. The molecule has 0 saturated carbocycles. The molecule has 2 aromatic rings. The van der Waals surface area contributed by atoms with Gasteiger partial charge in [-0.05, 0) is 43.3 Å². The number of hydrogen-bond acceptors (Lipinski definition) is 4. The summed E-state index contributed by atoms with van der Waals surface area (Å²) in [7, 11) is 3.18. The van der Waals surface area contributed by atoms with Crippen LogP contribution in [0.4, 0.5) is 5.69 Å². The smallest absolute Gasteiger partial charge is 0.187 e. The van der Waals surface area contributed by atoms with Crippen LogP contribution in [0.25, 0.3) is 0 Å². The van der Waals surface area contributed by atoms with Crippen LogP contribution in [0.1, 0.15) is 17.3 Å². The standard InChI is InChI=1S/C18H18ClNO3/c1-12(10-17(21)13-4-6-14(19)7-5-13)20-16-11-15(22-2)8-9-18(16)23-3/h4-11,20H,1-3H3/b12-10-. The number of benzene rings is 2. The first-order valence-electron chi connectivity index (χ1n) is 7.00. The summed E-state index contributed by atoms with van der Waals surface area (Å²) in [5, 5.41) is 3.76. The van der Waals surface area contributed by atoms with Crippen molar-refractivity contribution in [1.82, 2.24) is 0 Å². The maximum absolute atomic E-state index is 12.2. The minimum Gasteiger partial charge on any atom is -0.497 e. The number of rotatable bonds is 6. The molecule has 0 saturated heterocycles. The number of carbonyl (C=O) groups is 1. The van der Waals surface area contributed by atoms with Gasteiger partial charge in [-0.3, -0.25) is 4.79 Å². The van der Waals surface area contributed by atoms with Crippen LogP contribution in [0, 0.1) is 0 Å². The topological polar surface area (TPSA) is 47.6 Å². The van der Waals surface area contributed by atoms with Gasteiger partial charge in [0.1, 0.15) is 11.5 Å². The van der Waals surface area contributed by atoms with Crippen molar-refractivity contribution in [3.8, 4) is 11.5 Å². The van der Waals surface area contributed by atoms with E-state index in [9.17, 15) is 4.79 Å². The Bertz CT molecular complexity index is 724. The van der Waals surface area contributed by atoms with E-state index in [2.05, 4.69) is 5.32 Å². The summed E-state index contributed by atoms with van der Waals surface area (Å²) in [5.74, 6) is 1.26. The molecule has 5 heteroatoms. The first kappa shape index (κ1) is 16.9. The molecule has 120 valence electrons. The molecule has 4 nitrogen and oxygen atoms in total. The Morgan fingerprint density at radius 3 is 2.39 bits per heavy atom. The molecule has 0 atom stereocenters. The lowest BCUT2D eigenvalue weighted by atomic mass is 10.1. The predicted octanol–water partition coefficient (Wildman–Crippen LogP) is 4.56. The van der Waals surface area contributed by atoms with Gasteiger partial charge in [0.2, 0.25) is 0 Å². The van der Waals surface area contributed by atoms with Crippen LogP contribution in [-0.4, -0.2) is 20.0 Å². The molecule has 0 fully saturated rings. The third-order valence-electron chi connectivity index (χ3n) is 3.21. The molecule has 0 aromatic heterocycles. The Hall–Kier alpha value is -2.46. The van der Waals surface area contributed by atoms with Crippen LogP contribution in [0.3, 0.4) is 0 Å². The van der Waals surface area contributed by atoms with Crippen LogP contribution in [0.5, 0.6) is 11.5 Å². The van der Waals surface area contributed by atoms with Gasteiger partial charge in [-0.15, -0.1) is 0 Å². The third kappa shape index (κ3) is 4.50. The van der Waals surface area contributed by atoms with E-state index in [0.29, 0.717) is 27.8 Å². The van der Waals surface area contributed by atoms with E-state index in [0.717, 1.165) is 5.69 Å². The highest BCUT2D eigenvalue weighted by atomic mass is 35.5. The number of allylic oxidation sites excluding steroid dienone is 2. The van der Waals surface area contributed by atoms with Gasteiger partial charge < -0.3 is 14.8 Å². The van der Waals surface area contributed by atoms with Crippen LogP contribution >= 0.6 is 11.6 Å². The number of ether oxygens (including phenoxy) is 2. The monoisotopic (exact) mass is 331 g/mol. The second-order valence-corrected chi connectivity index (χ2v) is 5.33. The second kappa shape index (κ2) is 7.70. The molecule has 0 bridgehead atoms. The molecule has 2 aromatic carbocycles. The van der Waals surface area contributed by atoms with E-state index in [4.69, 9.17) is 21.1 Å². The number of hydrogen-bond donors (Lipinski definition) is 1. The van der Waals surface area contributed by atoms with Crippen LogP contribution in [0.15, 0.2) is 54.2 Å². The van der Waals surface area contributed by atoms with Crippen LogP contribution in [-0.2, 0) is 0 Å². The maximum Gasteiger partial charge on any atom is 0.187 e. The molecule has 0 unspecified atom stereocenters. The van der Waals surface area contributed by atoms with E-state index >= 15 is 0 Å². The normalized spacial score (nSPS) is 11.0. The van der Waals surface area contributed by atoms with Gasteiger partial charge in [0, 0.05) is 28.4 Å². The molecule has 0 amide bonds. The average molecular weight is 332 g/mol. The van der Waals surface area contributed by atoms with E-state index in [1.54, 1.807) is 44.6 Å². The Balaban J connectivity index is 2.19. The predicted molar refractivity (Wildman–Crippen MR) is 92.7 cm³/mol. The first-order chi connectivity index (χ1) is 11.0. The SMILES string of the molecule is COc1ccc(OC)c(N/C(C)=C\C(=O)c2ccc(Cl)cc2)c1. The molecule has 0 aliphatic carbocycles. The lowest BCUT2D eigenvalue weighted by Crippen LogP contribution is -2.03. The van der Waals surface area contributed by atoms with Gasteiger partial charge >= 0.3 is 0 Å². The summed E-state index contributed by atoms with van der Waals surface area (Å²) in [6.45, 7) is 1.81. The Morgan fingerprint density at radius 1 is 1.09 bits per heavy atom. The number of halogens is 1. The zero-order valence-electron chi connectivity index (χ0n) is 13.2. The van der Waals surface area contributed by atoms with E-state index in [-0.39, 0.29) is 5.78 Å². The largest absolute Gasteiger partial charge is 0.497 e. The minimum atomic E-state index is -0.103. The zero-order valence-corrected chi connectivity index (χ0v) is 14.0. The Labute approximate surface area is 140 Å². The van der Waals surface area contributed by atoms with Crippen molar-refractivity contribution in [3.63, 3.8) is 0 Å². The summed E-state index contributed by atoms with van der Waals surface area (Å²) >= 11 is 5.83. The molecule has 0 heterocycles. The average Bonchev–Trinajstić information content (AvgIpc) is 2.55. The molecular weight excluding hydrogens is 314 g/mol. The lowest BCUT2D eigenvalue weighted by molar-refractivity contribution is 0.104. The van der Waals surface area contributed by atoms with Gasteiger partial charge in [-0.25, -0.2) is 0 Å². The molecule has 0 spiro atoms. The molecule has 0 aliphatic rings. The van der Waals surface area contributed by atoms with Crippen molar-refractivity contribution >= 4 is 23.1 Å². The lowest BCUT2D eigenvalue weighted by Gasteiger charge is -2.12. The van der Waals surface area contributed by atoms with Crippen molar-refractivity contribution in [1.29, 1.82) is 0 Å². The van der Waals surface area contributed by atoms with Crippen LogP contribution in [0.2, 0.25) is 5.02 Å². The molecule has 0 aliphatic heterocycles. The molecule has 23 heavy (non-hydrogen) atoms. The fourth-order valence-electron chi connectivity index (χ4n) is 2.05. The number of carbonyl (C=O) groups excluding carboxylic acids is 1. The molecule has 0 radical (unpaired) electrons. The first-order valence-corrected chi connectivity index (χ1v) is 7.38. The number of nitrogens with one attached hydrogen (secondary N) is 1. The van der Waals surface area contributed by atoms with Crippen molar-refractivity contribution in [2.45, 2.75) is 6.92 Å². The van der Waals surface area contributed by atoms with E-state index in [1.165, 1.54) is 6.08 Å².